The van der Waals surface area contributed by atoms with Crippen molar-refractivity contribution in [1.82, 2.24) is 15.3 Å². The molecule has 7 heteroatoms. The first-order chi connectivity index (χ1) is 11.6. The summed E-state index contributed by atoms with van der Waals surface area (Å²) in [7, 11) is 0. The van der Waals surface area contributed by atoms with Crippen LogP contribution in [0, 0.1) is 0 Å². The van der Waals surface area contributed by atoms with Gasteiger partial charge in [-0.1, -0.05) is 12.1 Å². The van der Waals surface area contributed by atoms with Gasteiger partial charge < -0.3 is 20.9 Å². The Balaban J connectivity index is 1.58. The van der Waals surface area contributed by atoms with Crippen LogP contribution in [0.25, 0.3) is 0 Å². The maximum absolute atomic E-state index is 11.9. The molecule has 1 amide bonds. The number of carbonyl (C=O) groups is 1. The highest BCUT2D eigenvalue weighted by molar-refractivity contribution is 5.92. The van der Waals surface area contributed by atoms with Gasteiger partial charge in [-0.3, -0.25) is 9.59 Å². The van der Waals surface area contributed by atoms with Crippen molar-refractivity contribution < 1.29 is 4.79 Å². The molecule has 3 rings (SSSR count). The van der Waals surface area contributed by atoms with Gasteiger partial charge >= 0.3 is 0 Å². The number of hydrogen-bond acceptors (Lipinski definition) is 5. The molecule has 0 aliphatic carbocycles. The molecule has 4 N–H and O–H groups in total. The highest BCUT2D eigenvalue weighted by Crippen LogP contribution is 2.15. The summed E-state index contributed by atoms with van der Waals surface area (Å²) in [6, 6.07) is 7.56. The van der Waals surface area contributed by atoms with Gasteiger partial charge in [0, 0.05) is 43.6 Å². The maximum Gasteiger partial charge on any atom is 0.290 e. The molecule has 0 radical (unpaired) electrons. The second-order valence-corrected chi connectivity index (χ2v) is 5.97. The Hall–Kier alpha value is -2.67. The lowest BCUT2D eigenvalue weighted by Crippen LogP contribution is -2.47. The van der Waals surface area contributed by atoms with Crippen LogP contribution >= 0.6 is 0 Å². The highest BCUT2D eigenvalue weighted by Gasteiger charge is 2.22. The van der Waals surface area contributed by atoms with Crippen LogP contribution in [-0.2, 0) is 6.54 Å². The number of aromatic amines is 1. The third kappa shape index (κ3) is 3.80. The quantitative estimate of drug-likeness (QED) is 0.747. The van der Waals surface area contributed by atoms with Gasteiger partial charge in [-0.05, 0) is 30.5 Å². The Labute approximate surface area is 139 Å². The van der Waals surface area contributed by atoms with E-state index in [0.29, 0.717) is 17.9 Å². The first kappa shape index (κ1) is 16.2. The molecule has 1 aliphatic heterocycles. The number of carbonyl (C=O) groups excluding carboxylic acids is 1. The van der Waals surface area contributed by atoms with Crippen molar-refractivity contribution in [2.24, 2.45) is 5.73 Å². The van der Waals surface area contributed by atoms with E-state index < -0.39 is 5.91 Å². The van der Waals surface area contributed by atoms with Crippen LogP contribution in [-0.4, -0.2) is 35.0 Å². The Morgan fingerprint density at radius 1 is 1.38 bits per heavy atom. The van der Waals surface area contributed by atoms with Gasteiger partial charge in [0.1, 0.15) is 0 Å². The molecular weight excluding hydrogens is 306 g/mol. The molecule has 1 aliphatic rings. The largest absolute Gasteiger partial charge is 0.366 e. The summed E-state index contributed by atoms with van der Waals surface area (Å²) in [5.41, 5.74) is 6.69. The predicted molar refractivity (Wildman–Crippen MR) is 91.9 cm³/mol. The van der Waals surface area contributed by atoms with E-state index in [-0.39, 0.29) is 11.6 Å². The predicted octanol–water partition coefficient (Wildman–Crippen LogP) is 0.627. The molecule has 126 valence electrons. The number of H-pyrrole nitrogens is 1. The minimum atomic E-state index is -0.419. The number of piperidine rings is 1. The van der Waals surface area contributed by atoms with Gasteiger partial charge in [0.2, 0.25) is 5.91 Å². The average Bonchev–Trinajstić information content (AvgIpc) is 2.61. The molecule has 1 aromatic heterocycles. The van der Waals surface area contributed by atoms with Crippen molar-refractivity contribution in [3.63, 3.8) is 0 Å². The van der Waals surface area contributed by atoms with Crippen LogP contribution < -0.4 is 21.5 Å². The normalized spacial score (nSPS) is 17.7. The minimum absolute atomic E-state index is 0.153. The first-order valence-corrected chi connectivity index (χ1v) is 8.04. The Morgan fingerprint density at radius 3 is 2.88 bits per heavy atom. The van der Waals surface area contributed by atoms with Crippen molar-refractivity contribution >= 4 is 11.7 Å². The number of benzene rings is 1. The van der Waals surface area contributed by atoms with Crippen LogP contribution in [0.15, 0.2) is 41.5 Å². The topological polar surface area (TPSA) is 104 Å². The summed E-state index contributed by atoms with van der Waals surface area (Å²) < 4.78 is 0. The fraction of sp³-hybridized carbons (Fsp3) is 0.353. The number of hydrogen-bond donors (Lipinski definition) is 3. The zero-order valence-electron chi connectivity index (χ0n) is 13.4. The van der Waals surface area contributed by atoms with E-state index in [2.05, 4.69) is 15.3 Å². The zero-order chi connectivity index (χ0) is 16.9. The van der Waals surface area contributed by atoms with E-state index in [1.807, 2.05) is 17.0 Å². The van der Waals surface area contributed by atoms with E-state index in [4.69, 9.17) is 5.73 Å². The van der Waals surface area contributed by atoms with Gasteiger partial charge in [-0.2, -0.15) is 0 Å². The minimum Gasteiger partial charge on any atom is -0.366 e. The van der Waals surface area contributed by atoms with Crippen molar-refractivity contribution in [3.8, 4) is 0 Å². The van der Waals surface area contributed by atoms with Crippen LogP contribution in [0.4, 0.5) is 5.82 Å². The Kier molecular flexibility index (Phi) is 4.90. The van der Waals surface area contributed by atoms with Crippen LogP contribution in [0.1, 0.15) is 28.8 Å². The number of nitrogens with two attached hydrogens (primary N) is 1. The molecule has 0 spiro atoms. The van der Waals surface area contributed by atoms with Gasteiger partial charge in [0.25, 0.3) is 5.56 Å². The van der Waals surface area contributed by atoms with E-state index in [0.717, 1.165) is 31.5 Å². The molecular formula is C17H21N5O2. The number of nitrogens with zero attached hydrogens (tertiary/aromatic N) is 2. The molecule has 0 saturated carbocycles. The van der Waals surface area contributed by atoms with Crippen LogP contribution in [0.2, 0.25) is 0 Å². The molecule has 0 bridgehead atoms. The van der Waals surface area contributed by atoms with E-state index >= 15 is 0 Å². The third-order valence-electron chi connectivity index (χ3n) is 4.24. The van der Waals surface area contributed by atoms with Gasteiger partial charge in [-0.25, -0.2) is 4.98 Å². The summed E-state index contributed by atoms with van der Waals surface area (Å²) >= 11 is 0. The molecule has 1 fully saturated rings. The standard InChI is InChI=1S/C17H21N5O2/c18-15(23)13-5-3-12(4-6-13)10-21-14-2-1-9-22(11-14)16-17(24)20-8-7-19-16/h3-8,14,21H,1-2,9-11H2,(H2,18,23)(H,20,24). The lowest BCUT2D eigenvalue weighted by atomic mass is 10.0. The lowest BCUT2D eigenvalue weighted by molar-refractivity contribution is 0.100. The van der Waals surface area contributed by atoms with Crippen LogP contribution in [0.3, 0.4) is 0 Å². The Bertz CT molecular complexity index is 756. The second-order valence-electron chi connectivity index (χ2n) is 5.97. The molecule has 1 atom stereocenters. The number of primary amides is 1. The number of rotatable bonds is 5. The van der Waals surface area contributed by atoms with E-state index in [1.165, 1.54) is 0 Å². The Morgan fingerprint density at radius 2 is 2.17 bits per heavy atom. The highest BCUT2D eigenvalue weighted by atomic mass is 16.1. The smallest absolute Gasteiger partial charge is 0.290 e. The van der Waals surface area contributed by atoms with Crippen molar-refractivity contribution in [3.05, 3.63) is 58.1 Å². The SMILES string of the molecule is NC(=O)c1ccc(CNC2CCCN(c3ncc[nH]c3=O)C2)cc1. The number of anilines is 1. The fourth-order valence-electron chi connectivity index (χ4n) is 2.95. The summed E-state index contributed by atoms with van der Waals surface area (Å²) in [5, 5.41) is 3.51. The lowest BCUT2D eigenvalue weighted by Gasteiger charge is -2.33. The monoisotopic (exact) mass is 327 g/mol. The van der Waals surface area contributed by atoms with Crippen molar-refractivity contribution in [2.75, 3.05) is 18.0 Å². The molecule has 1 aromatic carbocycles. The summed E-state index contributed by atoms with van der Waals surface area (Å²) in [6.45, 7) is 2.29. The molecule has 1 unspecified atom stereocenters. The zero-order valence-corrected chi connectivity index (χ0v) is 13.4. The fourth-order valence-corrected chi connectivity index (χ4v) is 2.95. The first-order valence-electron chi connectivity index (χ1n) is 8.04. The molecule has 1 saturated heterocycles. The number of amides is 1. The number of nitrogens with one attached hydrogen (secondary N) is 2. The average molecular weight is 327 g/mol. The molecule has 7 nitrogen and oxygen atoms in total. The van der Waals surface area contributed by atoms with Gasteiger partial charge in [0.05, 0.1) is 0 Å². The molecule has 2 heterocycles. The van der Waals surface area contributed by atoms with Gasteiger partial charge in [0.15, 0.2) is 5.82 Å². The molecule has 24 heavy (non-hydrogen) atoms. The second kappa shape index (κ2) is 7.27. The maximum atomic E-state index is 11.9. The number of aromatic nitrogens is 2. The van der Waals surface area contributed by atoms with E-state index in [1.54, 1.807) is 24.5 Å². The van der Waals surface area contributed by atoms with Crippen LogP contribution in [0.5, 0.6) is 0 Å². The van der Waals surface area contributed by atoms with E-state index in [9.17, 15) is 9.59 Å². The third-order valence-corrected chi connectivity index (χ3v) is 4.24. The summed E-state index contributed by atoms with van der Waals surface area (Å²) in [5.74, 6) is 0.0628. The summed E-state index contributed by atoms with van der Waals surface area (Å²) in [4.78, 5) is 31.8. The summed E-state index contributed by atoms with van der Waals surface area (Å²) in [6.07, 6.45) is 5.21. The van der Waals surface area contributed by atoms with Crippen molar-refractivity contribution in [1.29, 1.82) is 0 Å². The molecule has 2 aromatic rings. The van der Waals surface area contributed by atoms with Crippen molar-refractivity contribution in [2.45, 2.75) is 25.4 Å². The van der Waals surface area contributed by atoms with Gasteiger partial charge in [-0.15, -0.1) is 0 Å².